The number of ether oxygens (including phenoxy) is 2. The molecule has 0 aliphatic heterocycles. The molecule has 0 bridgehead atoms. The van der Waals surface area contributed by atoms with Gasteiger partial charge in [-0.05, 0) is 48.9 Å². The molecule has 1 N–H and O–H groups in total. The molecule has 0 unspecified atom stereocenters. The number of anilines is 1. The first-order chi connectivity index (χ1) is 14.7. The van der Waals surface area contributed by atoms with Gasteiger partial charge in [0.25, 0.3) is 0 Å². The molecule has 0 aromatic heterocycles. The van der Waals surface area contributed by atoms with Crippen LogP contribution in [-0.4, -0.2) is 51.9 Å². The molecule has 8 nitrogen and oxygen atoms in total. The molecule has 0 saturated heterocycles. The Hall–Kier alpha value is -2.62. The first-order valence-electron chi connectivity index (χ1n) is 9.56. The highest BCUT2D eigenvalue weighted by Gasteiger charge is 2.24. The Bertz CT molecular complexity index is 1020. The zero-order valence-corrected chi connectivity index (χ0v) is 19.1. The molecular formula is C21H25ClN2O6S. The van der Waals surface area contributed by atoms with Crippen molar-refractivity contribution in [3.05, 3.63) is 53.1 Å². The average Bonchev–Trinajstić information content (AvgIpc) is 2.74. The fourth-order valence-electron chi connectivity index (χ4n) is 2.56. The normalized spacial score (nSPS) is 11.3. The fourth-order valence-corrected chi connectivity index (χ4v) is 4.03. The number of nitrogens with zero attached hydrogens (tertiary/aromatic N) is 1. The molecule has 0 atom stereocenters. The minimum atomic E-state index is -3.93. The molecule has 168 valence electrons. The number of carbonyl (C=O) groups is 2. The van der Waals surface area contributed by atoms with E-state index in [4.69, 9.17) is 21.1 Å². The van der Waals surface area contributed by atoms with Crippen LogP contribution in [0.3, 0.4) is 0 Å². The summed E-state index contributed by atoms with van der Waals surface area (Å²) in [4.78, 5) is 24.2. The van der Waals surface area contributed by atoms with E-state index in [1.165, 1.54) is 44.5 Å². The van der Waals surface area contributed by atoms with Crippen LogP contribution >= 0.6 is 11.6 Å². The van der Waals surface area contributed by atoms with Crippen molar-refractivity contribution < 1.29 is 27.5 Å². The molecule has 1 amide bonds. The van der Waals surface area contributed by atoms with Gasteiger partial charge < -0.3 is 14.8 Å². The van der Waals surface area contributed by atoms with Crippen molar-refractivity contribution in [1.29, 1.82) is 0 Å². The second-order valence-corrected chi connectivity index (χ2v) is 9.12. The van der Waals surface area contributed by atoms with Gasteiger partial charge in [-0.1, -0.05) is 24.9 Å². The number of benzene rings is 2. The Kier molecular flexibility index (Phi) is 8.85. The maximum Gasteiger partial charge on any atom is 0.338 e. The van der Waals surface area contributed by atoms with Crippen LogP contribution in [0.2, 0.25) is 5.02 Å². The molecule has 0 spiro atoms. The standard InChI is InChI=1S/C21H25ClN2O6S/c1-4-5-12-30-21(26)15-6-8-16(9-7-15)23-20(25)14-24(2)31(27,28)17-10-11-19(29-3)18(22)13-17/h6-11,13H,4-5,12,14H2,1-3H3,(H,23,25). The first kappa shape index (κ1) is 24.6. The van der Waals surface area contributed by atoms with Gasteiger partial charge in [0.2, 0.25) is 15.9 Å². The predicted molar refractivity (Wildman–Crippen MR) is 118 cm³/mol. The van der Waals surface area contributed by atoms with E-state index in [1.54, 1.807) is 12.1 Å². The third-order valence-corrected chi connectivity index (χ3v) is 6.43. The molecule has 10 heteroatoms. The topological polar surface area (TPSA) is 102 Å². The molecule has 0 aliphatic rings. The van der Waals surface area contributed by atoms with Crippen molar-refractivity contribution in [3.63, 3.8) is 0 Å². The molecule has 2 aromatic rings. The summed E-state index contributed by atoms with van der Waals surface area (Å²) in [5.74, 6) is -0.627. The SMILES string of the molecule is CCCCOC(=O)c1ccc(NC(=O)CN(C)S(=O)(=O)c2ccc(OC)c(Cl)c2)cc1. The number of hydrogen-bond donors (Lipinski definition) is 1. The summed E-state index contributed by atoms with van der Waals surface area (Å²) in [7, 11) is -1.21. The smallest absolute Gasteiger partial charge is 0.338 e. The number of likely N-dealkylation sites (N-methyl/N-ethyl adjacent to an activating group) is 1. The Balaban J connectivity index is 1.98. The van der Waals surface area contributed by atoms with Crippen LogP contribution in [0.5, 0.6) is 5.75 Å². The highest BCUT2D eigenvalue weighted by atomic mass is 35.5. The number of methoxy groups -OCH3 is 1. The fraction of sp³-hybridized carbons (Fsp3) is 0.333. The van der Waals surface area contributed by atoms with Crippen LogP contribution < -0.4 is 10.1 Å². The predicted octanol–water partition coefficient (Wildman–Crippen LogP) is 3.56. The van der Waals surface area contributed by atoms with E-state index in [9.17, 15) is 18.0 Å². The monoisotopic (exact) mass is 468 g/mol. The molecule has 0 aliphatic carbocycles. The second kappa shape index (κ2) is 11.1. The second-order valence-electron chi connectivity index (χ2n) is 6.67. The summed E-state index contributed by atoms with van der Waals surface area (Å²) < 4.78 is 36.5. The number of unbranched alkanes of at least 4 members (excludes halogenated alkanes) is 1. The quantitative estimate of drug-likeness (QED) is 0.422. The number of carbonyl (C=O) groups excluding carboxylic acids is 2. The lowest BCUT2D eigenvalue weighted by Gasteiger charge is -2.17. The van der Waals surface area contributed by atoms with Gasteiger partial charge in [-0.3, -0.25) is 4.79 Å². The third-order valence-electron chi connectivity index (χ3n) is 4.33. The van der Waals surface area contributed by atoms with E-state index < -0.39 is 28.4 Å². The van der Waals surface area contributed by atoms with Crippen molar-refractivity contribution >= 4 is 39.2 Å². The van der Waals surface area contributed by atoms with Gasteiger partial charge >= 0.3 is 5.97 Å². The minimum Gasteiger partial charge on any atom is -0.495 e. The zero-order chi connectivity index (χ0) is 23.0. The van der Waals surface area contributed by atoms with Crippen molar-refractivity contribution in [2.75, 3.05) is 32.6 Å². The maximum absolute atomic E-state index is 12.7. The van der Waals surface area contributed by atoms with Gasteiger partial charge in [0.15, 0.2) is 0 Å². The number of sulfonamides is 1. The highest BCUT2D eigenvalue weighted by molar-refractivity contribution is 7.89. The molecule has 31 heavy (non-hydrogen) atoms. The van der Waals surface area contributed by atoms with Crippen molar-refractivity contribution in [2.45, 2.75) is 24.7 Å². The van der Waals surface area contributed by atoms with Gasteiger partial charge in [0.1, 0.15) is 5.75 Å². The largest absolute Gasteiger partial charge is 0.495 e. The van der Waals surface area contributed by atoms with Crippen molar-refractivity contribution in [2.24, 2.45) is 0 Å². The Morgan fingerprint density at radius 1 is 1.13 bits per heavy atom. The zero-order valence-electron chi connectivity index (χ0n) is 17.6. The summed E-state index contributed by atoms with van der Waals surface area (Å²) in [5.41, 5.74) is 0.790. The van der Waals surface area contributed by atoms with Crippen molar-refractivity contribution in [1.82, 2.24) is 4.31 Å². The van der Waals surface area contributed by atoms with Gasteiger partial charge in [-0.25, -0.2) is 13.2 Å². The van der Waals surface area contributed by atoms with Crippen LogP contribution in [0.25, 0.3) is 0 Å². The molecular weight excluding hydrogens is 444 g/mol. The van der Waals surface area contributed by atoms with E-state index in [0.717, 1.165) is 17.1 Å². The molecule has 2 rings (SSSR count). The summed E-state index contributed by atoms with van der Waals surface area (Å²) >= 11 is 6.00. The Morgan fingerprint density at radius 2 is 1.81 bits per heavy atom. The number of hydrogen-bond acceptors (Lipinski definition) is 6. The van der Waals surface area contributed by atoms with E-state index >= 15 is 0 Å². The number of rotatable bonds is 10. The van der Waals surface area contributed by atoms with Crippen LogP contribution in [0.15, 0.2) is 47.4 Å². The highest BCUT2D eigenvalue weighted by Crippen LogP contribution is 2.28. The van der Waals surface area contributed by atoms with E-state index in [2.05, 4.69) is 5.32 Å². The summed E-state index contributed by atoms with van der Waals surface area (Å²) in [5, 5.41) is 2.75. The van der Waals surface area contributed by atoms with Crippen LogP contribution in [0, 0.1) is 0 Å². The molecule has 0 saturated carbocycles. The maximum atomic E-state index is 12.7. The Morgan fingerprint density at radius 3 is 2.39 bits per heavy atom. The summed E-state index contributed by atoms with van der Waals surface area (Å²) in [6, 6.07) is 10.2. The van der Waals surface area contributed by atoms with Crippen LogP contribution in [0.1, 0.15) is 30.1 Å². The summed E-state index contributed by atoms with van der Waals surface area (Å²) in [6.45, 7) is 1.95. The van der Waals surface area contributed by atoms with Gasteiger partial charge in [0, 0.05) is 12.7 Å². The molecule has 0 heterocycles. The Labute approximate surface area is 187 Å². The molecule has 0 radical (unpaired) electrons. The number of nitrogens with one attached hydrogen (secondary N) is 1. The minimum absolute atomic E-state index is 0.0560. The van der Waals surface area contributed by atoms with E-state index in [1.807, 2.05) is 6.92 Å². The van der Waals surface area contributed by atoms with E-state index in [0.29, 0.717) is 23.6 Å². The lowest BCUT2D eigenvalue weighted by atomic mass is 10.2. The van der Waals surface area contributed by atoms with Gasteiger partial charge in [-0.2, -0.15) is 4.31 Å². The average molecular weight is 469 g/mol. The number of amides is 1. The summed E-state index contributed by atoms with van der Waals surface area (Å²) in [6.07, 6.45) is 1.72. The van der Waals surface area contributed by atoms with Crippen LogP contribution in [-0.2, 0) is 19.6 Å². The van der Waals surface area contributed by atoms with Crippen LogP contribution in [0.4, 0.5) is 5.69 Å². The lowest BCUT2D eigenvalue weighted by Crippen LogP contribution is -2.35. The van der Waals surface area contributed by atoms with Crippen molar-refractivity contribution in [3.8, 4) is 5.75 Å². The number of esters is 1. The van der Waals surface area contributed by atoms with Gasteiger partial charge in [-0.15, -0.1) is 0 Å². The van der Waals surface area contributed by atoms with Gasteiger partial charge in [0.05, 0.1) is 35.7 Å². The van der Waals surface area contributed by atoms with E-state index in [-0.39, 0.29) is 9.92 Å². The third kappa shape index (κ3) is 6.68. The lowest BCUT2D eigenvalue weighted by molar-refractivity contribution is -0.116. The molecule has 0 fully saturated rings. The number of halogens is 1. The molecule has 2 aromatic carbocycles. The first-order valence-corrected chi connectivity index (χ1v) is 11.4.